The lowest BCUT2D eigenvalue weighted by atomic mass is 10.1. The lowest BCUT2D eigenvalue weighted by Crippen LogP contribution is -2.44. The van der Waals surface area contributed by atoms with Gasteiger partial charge in [0.15, 0.2) is 0 Å². The van der Waals surface area contributed by atoms with Gasteiger partial charge in [0.2, 0.25) is 0 Å². The number of pyridine rings is 1. The molecule has 1 aromatic carbocycles. The molecule has 6 nitrogen and oxygen atoms in total. The van der Waals surface area contributed by atoms with Gasteiger partial charge in [0.05, 0.1) is 29.0 Å². The molecule has 0 amide bonds. The quantitative estimate of drug-likeness (QED) is 0.679. The number of benzene rings is 1. The van der Waals surface area contributed by atoms with E-state index < -0.39 is 0 Å². The number of piperazine rings is 1. The molecule has 1 saturated heterocycles. The zero-order valence-electron chi connectivity index (χ0n) is 13.2. The molecule has 0 aliphatic carbocycles. The molecule has 1 aliphatic rings. The molecule has 0 spiro atoms. The van der Waals surface area contributed by atoms with Gasteiger partial charge in [0.1, 0.15) is 11.6 Å². The minimum absolute atomic E-state index is 0.398. The number of nitrogens with two attached hydrogens (primary N) is 1. The van der Waals surface area contributed by atoms with Crippen molar-refractivity contribution >= 4 is 28.3 Å². The summed E-state index contributed by atoms with van der Waals surface area (Å²) in [4.78, 5) is 14.5. The largest absolute Gasteiger partial charge is 0.353 e. The maximum absolute atomic E-state index is 6.50. The van der Waals surface area contributed by atoms with E-state index in [1.807, 2.05) is 18.2 Å². The van der Waals surface area contributed by atoms with Crippen LogP contribution >= 0.6 is 11.6 Å². The first-order valence-corrected chi connectivity index (χ1v) is 8.42. The Labute approximate surface area is 145 Å². The van der Waals surface area contributed by atoms with Crippen LogP contribution in [0.2, 0.25) is 5.02 Å². The summed E-state index contributed by atoms with van der Waals surface area (Å²) in [7, 11) is 0. The predicted octanol–water partition coefficient (Wildman–Crippen LogP) is 2.15. The minimum Gasteiger partial charge on any atom is -0.353 e. The van der Waals surface area contributed by atoms with E-state index in [1.54, 1.807) is 6.20 Å². The van der Waals surface area contributed by atoms with Crippen LogP contribution in [0.15, 0.2) is 30.5 Å². The van der Waals surface area contributed by atoms with Crippen LogP contribution in [0.3, 0.4) is 0 Å². The second kappa shape index (κ2) is 6.39. The van der Waals surface area contributed by atoms with Crippen molar-refractivity contribution < 1.29 is 0 Å². The van der Waals surface area contributed by atoms with Crippen molar-refractivity contribution in [3.8, 4) is 11.3 Å². The summed E-state index contributed by atoms with van der Waals surface area (Å²) in [5.41, 5.74) is 8.54. The van der Waals surface area contributed by atoms with Gasteiger partial charge in [-0.1, -0.05) is 17.7 Å². The number of imidazole rings is 1. The van der Waals surface area contributed by atoms with Crippen molar-refractivity contribution in [2.24, 2.45) is 5.73 Å². The summed E-state index contributed by atoms with van der Waals surface area (Å²) in [5, 5.41) is 5.05. The average molecular weight is 343 g/mol. The molecule has 7 heteroatoms. The zero-order valence-corrected chi connectivity index (χ0v) is 14.0. The predicted molar refractivity (Wildman–Crippen MR) is 97.3 cm³/mol. The summed E-state index contributed by atoms with van der Waals surface area (Å²) in [5.74, 6) is 1.64. The fourth-order valence-corrected chi connectivity index (χ4v) is 3.30. The molecule has 0 radical (unpaired) electrons. The number of nitrogens with one attached hydrogen (secondary N) is 2. The van der Waals surface area contributed by atoms with Crippen LogP contribution in [0.25, 0.3) is 22.2 Å². The van der Waals surface area contributed by atoms with E-state index in [1.165, 1.54) is 0 Å². The van der Waals surface area contributed by atoms with Gasteiger partial charge in [-0.05, 0) is 18.2 Å². The Morgan fingerprint density at radius 1 is 1.21 bits per heavy atom. The Kier molecular flexibility index (Phi) is 4.10. The Hall–Kier alpha value is -2.15. The highest BCUT2D eigenvalue weighted by Gasteiger charge is 2.16. The molecule has 24 heavy (non-hydrogen) atoms. The molecule has 0 bridgehead atoms. The lowest BCUT2D eigenvalue weighted by Gasteiger charge is -2.29. The highest BCUT2D eigenvalue weighted by molar-refractivity contribution is 6.33. The molecule has 0 unspecified atom stereocenters. The number of halogens is 1. The van der Waals surface area contributed by atoms with Crippen LogP contribution in [-0.4, -0.2) is 41.1 Å². The Morgan fingerprint density at radius 3 is 2.79 bits per heavy atom. The van der Waals surface area contributed by atoms with Gasteiger partial charge >= 0.3 is 0 Å². The number of H-pyrrole nitrogens is 1. The smallest absolute Gasteiger partial charge is 0.148 e. The molecule has 124 valence electrons. The van der Waals surface area contributed by atoms with Crippen LogP contribution in [0.4, 0.5) is 5.82 Å². The van der Waals surface area contributed by atoms with Crippen LogP contribution in [0.5, 0.6) is 0 Å². The van der Waals surface area contributed by atoms with E-state index >= 15 is 0 Å². The molecule has 4 rings (SSSR count). The fourth-order valence-electron chi connectivity index (χ4n) is 3.02. The summed E-state index contributed by atoms with van der Waals surface area (Å²) >= 11 is 6.50. The topological polar surface area (TPSA) is 82.9 Å². The molecule has 2 aromatic heterocycles. The molecule has 3 heterocycles. The second-order valence-corrected chi connectivity index (χ2v) is 6.29. The molecular weight excluding hydrogens is 324 g/mol. The standard InChI is InChI=1S/C17H19ClN6/c18-13-8-12-7-11(15-10-21-16(9-19)22-15)1-2-14(12)23-17(13)24-5-3-20-4-6-24/h1-2,7-8,10,20H,3-6,9,19H2,(H,21,22). The third kappa shape index (κ3) is 2.84. The number of hydrogen-bond donors (Lipinski definition) is 3. The number of aromatic nitrogens is 3. The molecular formula is C17H19ClN6. The van der Waals surface area contributed by atoms with E-state index in [0.29, 0.717) is 11.6 Å². The van der Waals surface area contributed by atoms with Gasteiger partial charge in [-0.3, -0.25) is 0 Å². The Balaban J connectivity index is 1.72. The number of fused-ring (bicyclic) bond motifs is 1. The summed E-state index contributed by atoms with van der Waals surface area (Å²) in [6.07, 6.45) is 1.80. The molecule has 1 aliphatic heterocycles. The molecule has 1 fully saturated rings. The number of nitrogens with zero attached hydrogens (tertiary/aromatic N) is 3. The molecule has 3 aromatic rings. The van der Waals surface area contributed by atoms with Gasteiger partial charge in [0.25, 0.3) is 0 Å². The number of anilines is 1. The first-order chi connectivity index (χ1) is 11.7. The van der Waals surface area contributed by atoms with Crippen LogP contribution in [0.1, 0.15) is 5.82 Å². The van der Waals surface area contributed by atoms with E-state index in [2.05, 4.69) is 26.3 Å². The maximum Gasteiger partial charge on any atom is 0.148 e. The van der Waals surface area contributed by atoms with E-state index in [4.69, 9.17) is 22.3 Å². The van der Waals surface area contributed by atoms with Crippen molar-refractivity contribution in [1.82, 2.24) is 20.3 Å². The fraction of sp³-hybridized carbons (Fsp3) is 0.294. The molecule has 4 N–H and O–H groups in total. The van der Waals surface area contributed by atoms with Crippen LogP contribution in [0, 0.1) is 0 Å². The number of hydrogen-bond acceptors (Lipinski definition) is 5. The monoisotopic (exact) mass is 342 g/mol. The zero-order chi connectivity index (χ0) is 16.5. The lowest BCUT2D eigenvalue weighted by molar-refractivity contribution is 0.585. The normalized spacial score (nSPS) is 15.2. The number of aromatic amines is 1. The summed E-state index contributed by atoms with van der Waals surface area (Å²) < 4.78 is 0. The third-order valence-corrected chi connectivity index (χ3v) is 4.58. The highest BCUT2D eigenvalue weighted by Crippen LogP contribution is 2.30. The number of rotatable bonds is 3. The van der Waals surface area contributed by atoms with Gasteiger partial charge in [0, 0.05) is 37.1 Å². The highest BCUT2D eigenvalue weighted by atomic mass is 35.5. The SMILES string of the molecule is NCc1ncc(-c2ccc3nc(N4CCNCC4)c(Cl)cc3c2)[nH]1. The van der Waals surface area contributed by atoms with E-state index in [0.717, 1.165) is 60.0 Å². The van der Waals surface area contributed by atoms with E-state index in [9.17, 15) is 0 Å². The summed E-state index contributed by atoms with van der Waals surface area (Å²) in [6, 6.07) is 8.13. The average Bonchev–Trinajstić information content (AvgIpc) is 3.10. The molecule has 0 saturated carbocycles. The van der Waals surface area contributed by atoms with Gasteiger partial charge in [-0.2, -0.15) is 0 Å². The first kappa shape index (κ1) is 15.4. The summed E-state index contributed by atoms with van der Waals surface area (Å²) in [6.45, 7) is 4.16. The van der Waals surface area contributed by atoms with Gasteiger partial charge in [-0.15, -0.1) is 0 Å². The van der Waals surface area contributed by atoms with Gasteiger partial charge in [-0.25, -0.2) is 9.97 Å². The first-order valence-electron chi connectivity index (χ1n) is 8.05. The second-order valence-electron chi connectivity index (χ2n) is 5.89. The Morgan fingerprint density at radius 2 is 2.04 bits per heavy atom. The van der Waals surface area contributed by atoms with Crippen molar-refractivity contribution in [3.63, 3.8) is 0 Å². The van der Waals surface area contributed by atoms with Crippen molar-refractivity contribution in [2.45, 2.75) is 6.54 Å². The van der Waals surface area contributed by atoms with Crippen LogP contribution in [-0.2, 0) is 6.54 Å². The van der Waals surface area contributed by atoms with Gasteiger partial charge < -0.3 is 20.9 Å². The van der Waals surface area contributed by atoms with E-state index in [-0.39, 0.29) is 0 Å². The van der Waals surface area contributed by atoms with Crippen molar-refractivity contribution in [3.05, 3.63) is 41.3 Å². The minimum atomic E-state index is 0.398. The third-order valence-electron chi connectivity index (χ3n) is 4.30. The van der Waals surface area contributed by atoms with Crippen molar-refractivity contribution in [2.75, 3.05) is 31.1 Å². The maximum atomic E-state index is 6.50. The molecule has 0 atom stereocenters. The Bertz CT molecular complexity index is 869. The van der Waals surface area contributed by atoms with Crippen molar-refractivity contribution in [1.29, 1.82) is 0 Å². The van der Waals surface area contributed by atoms with Crippen LogP contribution < -0.4 is 16.0 Å².